The van der Waals surface area contributed by atoms with E-state index in [1.165, 1.54) is 6.07 Å². The van der Waals surface area contributed by atoms with Gasteiger partial charge < -0.3 is 15.7 Å². The van der Waals surface area contributed by atoms with Gasteiger partial charge >= 0.3 is 6.03 Å². The van der Waals surface area contributed by atoms with E-state index in [-0.39, 0.29) is 11.4 Å². The van der Waals surface area contributed by atoms with Crippen molar-refractivity contribution in [3.8, 4) is 11.8 Å². The third-order valence-electron chi connectivity index (χ3n) is 2.71. The number of aromatic hydroxyl groups is 1. The SMILES string of the molecule is N#Cc1ccc(NC(=O)Nc2ccc([N+](=O)[O-])cc2O)cc1. The molecule has 2 aromatic rings. The van der Waals surface area contributed by atoms with Gasteiger partial charge in [-0.1, -0.05) is 0 Å². The number of phenolic OH excluding ortho intramolecular Hbond substituents is 1. The number of non-ortho nitro benzene ring substituents is 1. The molecular formula is C14H10N4O4. The topological polar surface area (TPSA) is 128 Å². The number of hydrogen-bond acceptors (Lipinski definition) is 5. The van der Waals surface area contributed by atoms with Crippen molar-refractivity contribution in [3.05, 3.63) is 58.1 Å². The van der Waals surface area contributed by atoms with Crippen LogP contribution in [0.5, 0.6) is 5.75 Å². The van der Waals surface area contributed by atoms with Crippen molar-refractivity contribution in [1.29, 1.82) is 5.26 Å². The zero-order chi connectivity index (χ0) is 16.1. The Labute approximate surface area is 124 Å². The van der Waals surface area contributed by atoms with E-state index in [0.717, 1.165) is 12.1 Å². The van der Waals surface area contributed by atoms with E-state index in [1.54, 1.807) is 24.3 Å². The Morgan fingerprint density at radius 1 is 1.18 bits per heavy atom. The van der Waals surface area contributed by atoms with Gasteiger partial charge in [-0.05, 0) is 30.3 Å². The van der Waals surface area contributed by atoms with Crippen LogP contribution in [0.15, 0.2) is 42.5 Å². The average Bonchev–Trinajstić information content (AvgIpc) is 2.50. The Morgan fingerprint density at radius 3 is 2.41 bits per heavy atom. The van der Waals surface area contributed by atoms with Gasteiger partial charge in [0.15, 0.2) is 0 Å². The Hall–Kier alpha value is -3.60. The summed E-state index contributed by atoms with van der Waals surface area (Å²) in [4.78, 5) is 21.7. The molecule has 0 spiro atoms. The molecule has 0 heterocycles. The summed E-state index contributed by atoms with van der Waals surface area (Å²) >= 11 is 0. The number of phenols is 1. The van der Waals surface area contributed by atoms with Gasteiger partial charge in [0, 0.05) is 11.8 Å². The van der Waals surface area contributed by atoms with E-state index < -0.39 is 16.7 Å². The number of urea groups is 1. The third kappa shape index (κ3) is 3.49. The molecule has 0 aliphatic rings. The minimum atomic E-state index is -0.652. The summed E-state index contributed by atoms with van der Waals surface area (Å²) in [5.41, 5.74) is 0.671. The summed E-state index contributed by atoms with van der Waals surface area (Å²) in [5.74, 6) is -0.413. The predicted molar refractivity (Wildman–Crippen MR) is 78.6 cm³/mol. The first-order chi connectivity index (χ1) is 10.5. The number of nitro benzene ring substituents is 1. The van der Waals surface area contributed by atoms with Crippen LogP contribution in [0.25, 0.3) is 0 Å². The lowest BCUT2D eigenvalue weighted by Crippen LogP contribution is -2.19. The van der Waals surface area contributed by atoms with Crippen LogP contribution in [-0.4, -0.2) is 16.1 Å². The number of amides is 2. The van der Waals surface area contributed by atoms with Gasteiger partial charge in [-0.3, -0.25) is 10.1 Å². The molecule has 0 bridgehead atoms. The number of carbonyl (C=O) groups is 1. The van der Waals surface area contributed by atoms with Gasteiger partial charge in [-0.2, -0.15) is 5.26 Å². The van der Waals surface area contributed by atoms with Gasteiger partial charge in [0.2, 0.25) is 0 Å². The molecule has 0 radical (unpaired) electrons. The van der Waals surface area contributed by atoms with Crippen LogP contribution in [0, 0.1) is 21.4 Å². The summed E-state index contributed by atoms with van der Waals surface area (Å²) in [5, 5.41) is 33.7. The summed E-state index contributed by atoms with van der Waals surface area (Å²) < 4.78 is 0. The van der Waals surface area contributed by atoms with Crippen LogP contribution in [0.1, 0.15) is 5.56 Å². The minimum absolute atomic E-state index is 0.0387. The number of benzene rings is 2. The molecule has 8 nitrogen and oxygen atoms in total. The molecule has 0 aromatic heterocycles. The molecule has 0 unspecified atom stereocenters. The van der Waals surface area contributed by atoms with Gasteiger partial charge in [0.25, 0.3) is 5.69 Å². The summed E-state index contributed by atoms with van der Waals surface area (Å²) in [6.07, 6.45) is 0. The highest BCUT2D eigenvalue weighted by Crippen LogP contribution is 2.27. The maximum absolute atomic E-state index is 11.8. The van der Waals surface area contributed by atoms with Crippen molar-refractivity contribution >= 4 is 23.1 Å². The highest BCUT2D eigenvalue weighted by Gasteiger charge is 2.12. The van der Waals surface area contributed by atoms with Crippen molar-refractivity contribution in [2.45, 2.75) is 0 Å². The van der Waals surface area contributed by atoms with E-state index in [9.17, 15) is 20.0 Å². The lowest BCUT2D eigenvalue weighted by atomic mass is 10.2. The first-order valence-corrected chi connectivity index (χ1v) is 6.05. The van der Waals surface area contributed by atoms with Crippen LogP contribution in [0.2, 0.25) is 0 Å². The minimum Gasteiger partial charge on any atom is -0.506 e. The number of anilines is 2. The second kappa shape index (κ2) is 6.23. The molecule has 110 valence electrons. The van der Waals surface area contributed by atoms with Crippen LogP contribution >= 0.6 is 0 Å². The first-order valence-electron chi connectivity index (χ1n) is 6.05. The smallest absolute Gasteiger partial charge is 0.323 e. The molecular weight excluding hydrogens is 288 g/mol. The van der Waals surface area contributed by atoms with Crippen molar-refractivity contribution in [2.24, 2.45) is 0 Å². The van der Waals surface area contributed by atoms with Crippen LogP contribution in [-0.2, 0) is 0 Å². The van der Waals surface area contributed by atoms with E-state index in [0.29, 0.717) is 11.3 Å². The second-order valence-electron chi connectivity index (χ2n) is 4.23. The Kier molecular flexibility index (Phi) is 4.19. The van der Waals surface area contributed by atoms with Crippen LogP contribution in [0.3, 0.4) is 0 Å². The highest BCUT2D eigenvalue weighted by atomic mass is 16.6. The lowest BCUT2D eigenvalue weighted by Gasteiger charge is -2.09. The van der Waals surface area contributed by atoms with Crippen LogP contribution in [0.4, 0.5) is 21.9 Å². The molecule has 0 aliphatic carbocycles. The van der Waals surface area contributed by atoms with E-state index >= 15 is 0 Å². The van der Waals surface area contributed by atoms with Crippen molar-refractivity contribution in [2.75, 3.05) is 10.6 Å². The van der Waals surface area contributed by atoms with E-state index in [2.05, 4.69) is 10.6 Å². The van der Waals surface area contributed by atoms with Crippen molar-refractivity contribution < 1.29 is 14.8 Å². The summed E-state index contributed by atoms with van der Waals surface area (Å²) in [6, 6.07) is 10.8. The van der Waals surface area contributed by atoms with Crippen molar-refractivity contribution in [1.82, 2.24) is 0 Å². The number of nitrogens with zero attached hydrogens (tertiary/aromatic N) is 2. The molecule has 0 atom stereocenters. The molecule has 22 heavy (non-hydrogen) atoms. The molecule has 0 saturated heterocycles. The molecule has 3 N–H and O–H groups in total. The predicted octanol–water partition coefficient (Wildman–Crippen LogP) is 2.82. The quantitative estimate of drug-likeness (QED) is 0.456. The number of carbonyl (C=O) groups excluding carboxylic acids is 1. The molecule has 2 amide bonds. The van der Waals surface area contributed by atoms with Gasteiger partial charge in [0.05, 0.1) is 28.3 Å². The van der Waals surface area contributed by atoms with Crippen LogP contribution < -0.4 is 10.6 Å². The summed E-state index contributed by atoms with van der Waals surface area (Å²) in [6.45, 7) is 0. The van der Waals surface area contributed by atoms with Gasteiger partial charge in [-0.25, -0.2) is 4.79 Å². The molecule has 0 saturated carbocycles. The van der Waals surface area contributed by atoms with Gasteiger partial charge in [0.1, 0.15) is 5.75 Å². The normalized spacial score (nSPS) is 9.59. The molecule has 0 aliphatic heterocycles. The maximum Gasteiger partial charge on any atom is 0.323 e. The lowest BCUT2D eigenvalue weighted by molar-refractivity contribution is -0.384. The zero-order valence-corrected chi connectivity index (χ0v) is 11.1. The third-order valence-corrected chi connectivity index (χ3v) is 2.71. The van der Waals surface area contributed by atoms with E-state index in [1.807, 2.05) is 6.07 Å². The zero-order valence-electron chi connectivity index (χ0n) is 11.1. The van der Waals surface area contributed by atoms with E-state index in [4.69, 9.17) is 5.26 Å². The molecule has 2 rings (SSSR count). The first kappa shape index (κ1) is 14.8. The van der Waals surface area contributed by atoms with Crippen molar-refractivity contribution in [3.63, 3.8) is 0 Å². The number of nitrogens with one attached hydrogen (secondary N) is 2. The number of nitro groups is 1. The maximum atomic E-state index is 11.8. The Bertz CT molecular complexity index is 765. The summed E-state index contributed by atoms with van der Waals surface area (Å²) in [7, 11) is 0. The largest absolute Gasteiger partial charge is 0.506 e. The molecule has 2 aromatic carbocycles. The average molecular weight is 298 g/mol. The fourth-order valence-electron chi connectivity index (χ4n) is 1.65. The number of rotatable bonds is 3. The second-order valence-corrected chi connectivity index (χ2v) is 4.23. The fraction of sp³-hybridized carbons (Fsp3) is 0. The standard InChI is InChI=1S/C14H10N4O4/c15-8-9-1-3-10(4-2-9)16-14(20)17-12-6-5-11(18(21)22)7-13(12)19/h1-7,19H,(H2,16,17,20). The Morgan fingerprint density at radius 2 is 1.86 bits per heavy atom. The molecule has 0 fully saturated rings. The highest BCUT2D eigenvalue weighted by molar-refractivity contribution is 6.00. The Balaban J connectivity index is 2.05. The molecule has 8 heteroatoms. The number of hydrogen-bond donors (Lipinski definition) is 3. The number of nitriles is 1. The van der Waals surface area contributed by atoms with Gasteiger partial charge in [-0.15, -0.1) is 0 Å². The monoisotopic (exact) mass is 298 g/mol. The fourth-order valence-corrected chi connectivity index (χ4v) is 1.65.